The second-order valence-corrected chi connectivity index (χ2v) is 9.41. The molecule has 0 fully saturated rings. The van der Waals surface area contributed by atoms with E-state index in [0.717, 1.165) is 10.0 Å². The third kappa shape index (κ3) is 4.04. The van der Waals surface area contributed by atoms with Gasteiger partial charge in [-0.05, 0) is 54.6 Å². The van der Waals surface area contributed by atoms with Crippen LogP contribution >= 0.6 is 27.5 Å². The monoisotopic (exact) mass is 540 g/mol. The largest absolute Gasteiger partial charge is 0.302 e. The molecule has 0 radical (unpaired) electrons. The van der Waals surface area contributed by atoms with E-state index in [1.54, 1.807) is 53.1 Å². The Hall–Kier alpha value is -3.11. The Kier molecular flexibility index (Phi) is 5.71. The zero-order valence-corrected chi connectivity index (χ0v) is 19.9. The first-order valence-corrected chi connectivity index (χ1v) is 11.9. The Labute approximate surface area is 203 Å². The van der Waals surface area contributed by atoms with Crippen LogP contribution in [0.1, 0.15) is 0 Å². The minimum Gasteiger partial charge on any atom is -0.302 e. The van der Waals surface area contributed by atoms with Gasteiger partial charge in [-0.3, -0.25) is 13.9 Å². The number of halogens is 2. The lowest BCUT2D eigenvalue weighted by molar-refractivity contribution is 0.564. The quantitative estimate of drug-likeness (QED) is 0.315. The minimum atomic E-state index is -2.14. The Bertz CT molecular complexity index is 1580. The van der Waals surface area contributed by atoms with Crippen molar-refractivity contribution in [2.24, 2.45) is 0 Å². The SMILES string of the molecule is O=c1c2ncn(-c3cccc(S(=O)O)c3)c2nc(-c2ccc(Br)cc2)n1-c1ccc(Cl)cc1. The first kappa shape index (κ1) is 21.7. The average molecular weight is 542 g/mol. The van der Waals surface area contributed by atoms with E-state index >= 15 is 0 Å². The van der Waals surface area contributed by atoms with Gasteiger partial charge in [0.1, 0.15) is 12.2 Å². The van der Waals surface area contributed by atoms with Crippen LogP contribution in [0, 0.1) is 0 Å². The van der Waals surface area contributed by atoms with Crippen LogP contribution in [0.15, 0.2) is 93.3 Å². The third-order valence-corrected chi connectivity index (χ3v) is 6.49. The highest BCUT2D eigenvalue weighted by molar-refractivity contribution is 9.10. The summed E-state index contributed by atoms with van der Waals surface area (Å²) in [5.74, 6) is 0.422. The lowest BCUT2D eigenvalue weighted by Gasteiger charge is -2.14. The van der Waals surface area contributed by atoms with Crippen molar-refractivity contribution < 1.29 is 8.76 Å². The van der Waals surface area contributed by atoms with Crippen LogP contribution in [0.5, 0.6) is 0 Å². The molecule has 3 aromatic carbocycles. The van der Waals surface area contributed by atoms with Gasteiger partial charge in [0.05, 0.1) is 10.6 Å². The fourth-order valence-electron chi connectivity index (χ4n) is 3.51. The van der Waals surface area contributed by atoms with Crippen molar-refractivity contribution in [3.05, 3.63) is 99.0 Å². The number of aromatic nitrogens is 4. The second-order valence-electron chi connectivity index (χ2n) is 7.09. The molecule has 2 aromatic heterocycles. The zero-order valence-electron chi connectivity index (χ0n) is 16.7. The van der Waals surface area contributed by atoms with Gasteiger partial charge in [-0.2, -0.15) is 0 Å². The fraction of sp³-hybridized carbons (Fsp3) is 0. The van der Waals surface area contributed by atoms with Crippen molar-refractivity contribution in [1.82, 2.24) is 19.1 Å². The maximum atomic E-state index is 13.6. The predicted molar refractivity (Wildman–Crippen MR) is 132 cm³/mol. The molecule has 0 aliphatic heterocycles. The number of hydrogen-bond acceptors (Lipinski definition) is 4. The van der Waals surface area contributed by atoms with Crippen LogP contribution in [0.3, 0.4) is 0 Å². The molecule has 7 nitrogen and oxygen atoms in total. The molecule has 0 saturated heterocycles. The second kappa shape index (κ2) is 8.68. The smallest absolute Gasteiger partial charge is 0.286 e. The van der Waals surface area contributed by atoms with Crippen molar-refractivity contribution in [2.45, 2.75) is 4.90 Å². The van der Waals surface area contributed by atoms with Gasteiger partial charge in [-0.15, -0.1) is 0 Å². The molecule has 33 heavy (non-hydrogen) atoms. The van der Waals surface area contributed by atoms with E-state index < -0.39 is 11.1 Å². The topological polar surface area (TPSA) is 90.0 Å². The van der Waals surface area contributed by atoms with Crippen LogP contribution in [0.2, 0.25) is 5.02 Å². The standard InChI is InChI=1S/C23H14BrClN4O3S/c24-15-6-4-14(5-7-15)21-27-22-20(23(30)29(21)17-10-8-16(25)9-11-17)26-13-28(22)18-2-1-3-19(12-18)33(31)32/h1-13H,(H,31,32). The van der Waals surface area contributed by atoms with Gasteiger partial charge in [0.15, 0.2) is 22.2 Å². The number of imidazole rings is 1. The summed E-state index contributed by atoms with van der Waals surface area (Å²) < 4.78 is 25.0. The van der Waals surface area contributed by atoms with Crippen molar-refractivity contribution in [3.8, 4) is 22.8 Å². The number of benzene rings is 3. The molecule has 5 aromatic rings. The van der Waals surface area contributed by atoms with Crippen molar-refractivity contribution in [3.63, 3.8) is 0 Å². The maximum Gasteiger partial charge on any atom is 0.286 e. The van der Waals surface area contributed by atoms with Crippen LogP contribution in [0.4, 0.5) is 0 Å². The van der Waals surface area contributed by atoms with Crippen molar-refractivity contribution in [2.75, 3.05) is 0 Å². The molecule has 164 valence electrons. The molecular weight excluding hydrogens is 528 g/mol. The molecule has 10 heteroatoms. The van der Waals surface area contributed by atoms with E-state index in [1.165, 1.54) is 10.9 Å². The summed E-state index contributed by atoms with van der Waals surface area (Å²) in [4.78, 5) is 23.0. The molecule has 1 unspecified atom stereocenters. The van der Waals surface area contributed by atoms with Crippen molar-refractivity contribution >= 4 is 49.8 Å². The number of hydrogen-bond donors (Lipinski definition) is 1. The summed E-state index contributed by atoms with van der Waals surface area (Å²) in [5, 5.41) is 0.552. The van der Waals surface area contributed by atoms with E-state index in [2.05, 4.69) is 20.9 Å². The average Bonchev–Trinajstić information content (AvgIpc) is 3.25. The van der Waals surface area contributed by atoms with Gasteiger partial charge in [-0.1, -0.05) is 45.7 Å². The van der Waals surface area contributed by atoms with Gasteiger partial charge < -0.3 is 4.55 Å². The summed E-state index contributed by atoms with van der Waals surface area (Å²) in [5.41, 5.74) is 2.05. The third-order valence-electron chi connectivity index (χ3n) is 5.06. The summed E-state index contributed by atoms with van der Waals surface area (Å²) >= 11 is 7.34. The molecule has 0 amide bonds. The van der Waals surface area contributed by atoms with Gasteiger partial charge in [-0.25, -0.2) is 14.2 Å². The van der Waals surface area contributed by atoms with Crippen molar-refractivity contribution in [1.29, 1.82) is 0 Å². The molecule has 0 aliphatic carbocycles. The van der Waals surface area contributed by atoms with Gasteiger partial charge in [0.25, 0.3) is 5.56 Å². The summed E-state index contributed by atoms with van der Waals surface area (Å²) in [6.45, 7) is 0. The molecule has 0 spiro atoms. The van der Waals surface area contributed by atoms with Crippen LogP contribution in [-0.4, -0.2) is 27.9 Å². The lowest BCUT2D eigenvalue weighted by Crippen LogP contribution is -2.22. The Morgan fingerprint density at radius 2 is 1.70 bits per heavy atom. The normalized spacial score (nSPS) is 12.2. The Balaban J connectivity index is 1.82. The first-order valence-electron chi connectivity index (χ1n) is 9.65. The number of rotatable bonds is 4. The fourth-order valence-corrected chi connectivity index (χ4v) is 4.31. The van der Waals surface area contributed by atoms with E-state index in [4.69, 9.17) is 16.6 Å². The minimum absolute atomic E-state index is 0.168. The van der Waals surface area contributed by atoms with Gasteiger partial charge >= 0.3 is 0 Å². The highest BCUT2D eigenvalue weighted by atomic mass is 79.9. The molecule has 0 saturated carbocycles. The summed E-state index contributed by atoms with van der Waals surface area (Å²) in [6.07, 6.45) is 1.48. The van der Waals surface area contributed by atoms with E-state index in [9.17, 15) is 13.6 Å². The summed E-state index contributed by atoms with van der Waals surface area (Å²) in [6, 6.07) is 20.9. The van der Waals surface area contributed by atoms with E-state index in [1.807, 2.05) is 24.3 Å². The van der Waals surface area contributed by atoms with E-state index in [-0.39, 0.29) is 16.0 Å². The lowest BCUT2D eigenvalue weighted by atomic mass is 10.2. The Morgan fingerprint density at radius 3 is 2.39 bits per heavy atom. The molecule has 2 heterocycles. The Morgan fingerprint density at radius 1 is 0.970 bits per heavy atom. The van der Waals surface area contributed by atoms with E-state index in [0.29, 0.717) is 27.9 Å². The molecule has 1 N–H and O–H groups in total. The number of fused-ring (bicyclic) bond motifs is 1. The maximum absolute atomic E-state index is 13.6. The first-order chi connectivity index (χ1) is 15.9. The molecular formula is C23H14BrClN4O3S. The van der Waals surface area contributed by atoms with Gasteiger partial charge in [0, 0.05) is 20.7 Å². The van der Waals surface area contributed by atoms with Gasteiger partial charge in [0.2, 0.25) is 0 Å². The highest BCUT2D eigenvalue weighted by Gasteiger charge is 2.19. The molecule has 0 aliphatic rings. The molecule has 5 rings (SSSR count). The molecule has 0 bridgehead atoms. The molecule has 1 atom stereocenters. The van der Waals surface area contributed by atoms with Crippen LogP contribution < -0.4 is 5.56 Å². The highest BCUT2D eigenvalue weighted by Crippen LogP contribution is 2.26. The van der Waals surface area contributed by atoms with Crippen LogP contribution in [0.25, 0.3) is 33.9 Å². The zero-order chi connectivity index (χ0) is 23.1. The summed E-state index contributed by atoms with van der Waals surface area (Å²) in [7, 11) is 0. The van der Waals surface area contributed by atoms with Crippen LogP contribution in [-0.2, 0) is 11.1 Å². The predicted octanol–water partition coefficient (Wildman–Crippen LogP) is 5.23. The number of nitrogens with zero attached hydrogens (tertiary/aromatic N) is 4.